The Morgan fingerprint density at radius 1 is 1.00 bits per heavy atom. The monoisotopic (exact) mass is 407 g/mol. The van der Waals surface area contributed by atoms with Gasteiger partial charge in [0, 0.05) is 57.0 Å². The molecule has 1 atom stereocenters. The molecule has 2 aliphatic rings. The Labute approximate surface area is 177 Å². The SMILES string of the molecule is O=C(NCc1cccnc1)C1CCCN(C2CCN(C(=O)c3cccnc3)CC2)C1. The summed E-state index contributed by atoms with van der Waals surface area (Å²) in [5, 5.41) is 3.07. The maximum Gasteiger partial charge on any atom is 0.255 e. The minimum atomic E-state index is 0.0328. The van der Waals surface area contributed by atoms with Gasteiger partial charge < -0.3 is 10.2 Å². The molecule has 30 heavy (non-hydrogen) atoms. The van der Waals surface area contributed by atoms with Crippen molar-refractivity contribution in [2.45, 2.75) is 38.3 Å². The van der Waals surface area contributed by atoms with Crippen molar-refractivity contribution < 1.29 is 9.59 Å². The highest BCUT2D eigenvalue weighted by Crippen LogP contribution is 2.24. The second kappa shape index (κ2) is 9.80. The van der Waals surface area contributed by atoms with Crippen molar-refractivity contribution in [1.82, 2.24) is 25.1 Å². The summed E-state index contributed by atoms with van der Waals surface area (Å²) in [6, 6.07) is 7.92. The first kappa shape index (κ1) is 20.5. The van der Waals surface area contributed by atoms with Crippen molar-refractivity contribution in [3.63, 3.8) is 0 Å². The molecule has 2 aromatic heterocycles. The average Bonchev–Trinajstić information content (AvgIpc) is 2.83. The maximum absolute atomic E-state index is 12.7. The molecule has 1 unspecified atom stereocenters. The van der Waals surface area contributed by atoms with Crippen molar-refractivity contribution in [2.75, 3.05) is 26.2 Å². The first-order valence-electron chi connectivity index (χ1n) is 10.8. The minimum absolute atomic E-state index is 0.0328. The number of pyridine rings is 2. The number of nitrogens with zero attached hydrogens (tertiary/aromatic N) is 4. The summed E-state index contributed by atoms with van der Waals surface area (Å²) in [5.41, 5.74) is 1.67. The van der Waals surface area contributed by atoms with Gasteiger partial charge in [0.2, 0.25) is 5.91 Å². The van der Waals surface area contributed by atoms with E-state index in [-0.39, 0.29) is 17.7 Å². The second-order valence-electron chi connectivity index (χ2n) is 8.18. The third-order valence-electron chi connectivity index (χ3n) is 6.19. The molecule has 7 heteroatoms. The van der Waals surface area contributed by atoms with Crippen LogP contribution >= 0.6 is 0 Å². The van der Waals surface area contributed by atoms with E-state index < -0.39 is 0 Å². The summed E-state index contributed by atoms with van der Waals surface area (Å²) in [6.45, 7) is 3.88. The number of hydrogen-bond donors (Lipinski definition) is 1. The van der Waals surface area contributed by atoms with E-state index in [0.29, 0.717) is 18.2 Å². The predicted molar refractivity (Wildman–Crippen MR) is 114 cm³/mol. The third kappa shape index (κ3) is 5.02. The Morgan fingerprint density at radius 2 is 1.77 bits per heavy atom. The van der Waals surface area contributed by atoms with E-state index in [1.165, 1.54) is 0 Å². The molecular formula is C23H29N5O2. The zero-order chi connectivity index (χ0) is 20.8. The van der Waals surface area contributed by atoms with E-state index in [2.05, 4.69) is 20.2 Å². The molecule has 2 amide bonds. The Bertz CT molecular complexity index is 837. The van der Waals surface area contributed by atoms with Gasteiger partial charge in [-0.2, -0.15) is 0 Å². The van der Waals surface area contributed by atoms with Gasteiger partial charge in [0.1, 0.15) is 0 Å². The van der Waals surface area contributed by atoms with Crippen LogP contribution in [0.4, 0.5) is 0 Å². The van der Waals surface area contributed by atoms with Gasteiger partial charge in [-0.3, -0.25) is 24.5 Å². The topological polar surface area (TPSA) is 78.4 Å². The molecule has 2 saturated heterocycles. The summed E-state index contributed by atoms with van der Waals surface area (Å²) in [4.78, 5) is 37.8. The van der Waals surface area contributed by atoms with E-state index in [0.717, 1.165) is 57.4 Å². The molecule has 0 spiro atoms. The molecule has 0 saturated carbocycles. The summed E-state index contributed by atoms with van der Waals surface area (Å²) in [7, 11) is 0. The van der Waals surface area contributed by atoms with Crippen LogP contribution in [0, 0.1) is 5.92 Å². The normalized spacial score (nSPS) is 20.7. The lowest BCUT2D eigenvalue weighted by atomic mass is 9.93. The van der Waals surface area contributed by atoms with Gasteiger partial charge in [-0.05, 0) is 56.0 Å². The van der Waals surface area contributed by atoms with E-state index >= 15 is 0 Å². The lowest BCUT2D eigenvalue weighted by Gasteiger charge is -2.42. The first-order chi connectivity index (χ1) is 14.7. The number of rotatable bonds is 5. The number of carbonyl (C=O) groups is 2. The standard InChI is InChI=1S/C23H29N5O2/c29-22(26-15-18-4-1-9-24-14-18)20-6-3-11-28(17-20)21-7-12-27(13-8-21)23(30)19-5-2-10-25-16-19/h1-2,4-5,9-10,14,16,20-21H,3,6-8,11-13,15,17H2,(H,26,29). The molecule has 2 aliphatic heterocycles. The zero-order valence-electron chi connectivity index (χ0n) is 17.2. The van der Waals surface area contributed by atoms with Crippen LogP contribution in [0.3, 0.4) is 0 Å². The lowest BCUT2D eigenvalue weighted by Crippen LogP contribution is -2.51. The Balaban J connectivity index is 1.26. The van der Waals surface area contributed by atoms with Crippen LogP contribution < -0.4 is 5.32 Å². The molecular weight excluding hydrogens is 378 g/mol. The zero-order valence-corrected chi connectivity index (χ0v) is 17.2. The Kier molecular flexibility index (Phi) is 6.69. The summed E-state index contributed by atoms with van der Waals surface area (Å²) in [5.74, 6) is 0.228. The van der Waals surface area contributed by atoms with Gasteiger partial charge in [0.15, 0.2) is 0 Å². The average molecular weight is 408 g/mol. The van der Waals surface area contributed by atoms with E-state index in [4.69, 9.17) is 0 Å². The number of hydrogen-bond acceptors (Lipinski definition) is 5. The minimum Gasteiger partial charge on any atom is -0.352 e. The van der Waals surface area contributed by atoms with Crippen LogP contribution in [-0.2, 0) is 11.3 Å². The molecule has 2 fully saturated rings. The fourth-order valence-corrected chi connectivity index (χ4v) is 4.49. The Hall–Kier alpha value is -2.80. The van der Waals surface area contributed by atoms with Crippen LogP contribution in [0.25, 0.3) is 0 Å². The summed E-state index contributed by atoms with van der Waals surface area (Å²) >= 11 is 0. The van der Waals surface area contributed by atoms with Gasteiger partial charge in [-0.25, -0.2) is 0 Å². The number of aromatic nitrogens is 2. The first-order valence-corrected chi connectivity index (χ1v) is 10.8. The molecule has 7 nitrogen and oxygen atoms in total. The fourth-order valence-electron chi connectivity index (χ4n) is 4.49. The van der Waals surface area contributed by atoms with Crippen molar-refractivity contribution in [1.29, 1.82) is 0 Å². The molecule has 0 radical (unpaired) electrons. The molecule has 0 aliphatic carbocycles. The highest BCUT2D eigenvalue weighted by molar-refractivity contribution is 5.93. The van der Waals surface area contributed by atoms with Gasteiger partial charge >= 0.3 is 0 Å². The van der Waals surface area contributed by atoms with E-state index in [1.54, 1.807) is 30.9 Å². The highest BCUT2D eigenvalue weighted by atomic mass is 16.2. The molecule has 0 bridgehead atoms. The van der Waals surface area contributed by atoms with Crippen molar-refractivity contribution >= 4 is 11.8 Å². The van der Waals surface area contributed by atoms with Gasteiger partial charge in [0.05, 0.1) is 11.5 Å². The van der Waals surface area contributed by atoms with Crippen LogP contribution in [0.5, 0.6) is 0 Å². The van der Waals surface area contributed by atoms with Gasteiger partial charge in [0.25, 0.3) is 5.91 Å². The predicted octanol–water partition coefficient (Wildman–Crippen LogP) is 2.11. The van der Waals surface area contributed by atoms with Crippen molar-refractivity contribution in [3.8, 4) is 0 Å². The summed E-state index contributed by atoms with van der Waals surface area (Å²) in [6.07, 6.45) is 10.7. The number of nitrogens with one attached hydrogen (secondary N) is 1. The van der Waals surface area contributed by atoms with E-state index in [1.807, 2.05) is 23.1 Å². The fraction of sp³-hybridized carbons (Fsp3) is 0.478. The van der Waals surface area contributed by atoms with Crippen molar-refractivity contribution in [3.05, 3.63) is 60.2 Å². The third-order valence-corrected chi connectivity index (χ3v) is 6.19. The smallest absolute Gasteiger partial charge is 0.255 e. The largest absolute Gasteiger partial charge is 0.352 e. The molecule has 4 rings (SSSR count). The van der Waals surface area contributed by atoms with Gasteiger partial charge in [-0.15, -0.1) is 0 Å². The van der Waals surface area contributed by atoms with Crippen LogP contribution in [-0.4, -0.2) is 63.8 Å². The molecule has 1 N–H and O–H groups in total. The molecule has 158 valence electrons. The van der Waals surface area contributed by atoms with Crippen LogP contribution in [0.2, 0.25) is 0 Å². The number of amides is 2. The van der Waals surface area contributed by atoms with Crippen LogP contribution in [0.15, 0.2) is 49.1 Å². The Morgan fingerprint density at radius 3 is 2.47 bits per heavy atom. The number of carbonyl (C=O) groups excluding carboxylic acids is 2. The summed E-state index contributed by atoms with van der Waals surface area (Å²) < 4.78 is 0. The molecule has 2 aromatic rings. The van der Waals surface area contributed by atoms with Crippen molar-refractivity contribution in [2.24, 2.45) is 5.92 Å². The molecule has 0 aromatic carbocycles. The molecule has 4 heterocycles. The maximum atomic E-state index is 12.7. The second-order valence-corrected chi connectivity index (χ2v) is 8.18. The van der Waals surface area contributed by atoms with Crippen LogP contribution in [0.1, 0.15) is 41.6 Å². The number of piperidine rings is 2. The van der Waals surface area contributed by atoms with E-state index in [9.17, 15) is 9.59 Å². The highest BCUT2D eigenvalue weighted by Gasteiger charge is 2.32. The van der Waals surface area contributed by atoms with Gasteiger partial charge in [-0.1, -0.05) is 6.07 Å². The number of likely N-dealkylation sites (tertiary alicyclic amines) is 2. The lowest BCUT2D eigenvalue weighted by molar-refractivity contribution is -0.127. The quantitative estimate of drug-likeness (QED) is 0.821.